The summed E-state index contributed by atoms with van der Waals surface area (Å²) in [6.07, 6.45) is 9.63. The van der Waals surface area contributed by atoms with Crippen LogP contribution in [0, 0.1) is 5.92 Å². The van der Waals surface area contributed by atoms with Crippen LogP contribution in [0.1, 0.15) is 64.2 Å². The summed E-state index contributed by atoms with van der Waals surface area (Å²) in [5, 5.41) is 11.5. The lowest BCUT2D eigenvalue weighted by atomic mass is 9.99. The number of carboxylic acid groups (broad SMARTS) is 1. The van der Waals surface area contributed by atoms with Crippen LogP contribution in [0.25, 0.3) is 0 Å². The zero-order chi connectivity index (χ0) is 13.2. The summed E-state index contributed by atoms with van der Waals surface area (Å²) >= 11 is 0. The lowest BCUT2D eigenvalue weighted by Crippen LogP contribution is -2.31. The molecule has 0 unspecified atom stereocenters. The number of hydrogen-bond acceptors (Lipinski definition) is 2. The van der Waals surface area contributed by atoms with Crippen LogP contribution in [-0.4, -0.2) is 23.5 Å². The number of rotatable bonds is 7. The van der Waals surface area contributed by atoms with Gasteiger partial charge in [0.2, 0.25) is 5.91 Å². The van der Waals surface area contributed by atoms with E-state index in [9.17, 15) is 9.59 Å². The minimum atomic E-state index is -0.738. The molecule has 0 saturated heterocycles. The summed E-state index contributed by atoms with van der Waals surface area (Å²) in [5.41, 5.74) is 0. The van der Waals surface area contributed by atoms with Gasteiger partial charge in [0.05, 0.1) is 0 Å². The maximum absolute atomic E-state index is 11.9. The van der Waals surface area contributed by atoms with Crippen molar-refractivity contribution in [2.24, 2.45) is 5.92 Å². The van der Waals surface area contributed by atoms with Crippen molar-refractivity contribution in [3.8, 4) is 0 Å². The second kappa shape index (κ2) is 8.95. The van der Waals surface area contributed by atoms with Crippen molar-refractivity contribution in [1.29, 1.82) is 0 Å². The van der Waals surface area contributed by atoms with Gasteiger partial charge in [0, 0.05) is 18.9 Å². The van der Waals surface area contributed by atoms with E-state index in [1.165, 1.54) is 25.7 Å². The van der Waals surface area contributed by atoms with Crippen molar-refractivity contribution in [2.75, 3.05) is 6.54 Å². The highest BCUT2D eigenvalue weighted by Crippen LogP contribution is 2.22. The highest BCUT2D eigenvalue weighted by atomic mass is 16.4. The Labute approximate surface area is 109 Å². The Hall–Kier alpha value is -1.06. The van der Waals surface area contributed by atoms with Crippen LogP contribution in [0.5, 0.6) is 0 Å². The highest BCUT2D eigenvalue weighted by molar-refractivity contribution is 5.78. The molecule has 0 atom stereocenters. The lowest BCUT2D eigenvalue weighted by Gasteiger charge is -2.13. The molecule has 2 N–H and O–H groups in total. The number of carbonyl (C=O) groups excluding carboxylic acids is 1. The van der Waals surface area contributed by atoms with Crippen molar-refractivity contribution in [1.82, 2.24) is 5.32 Å². The van der Waals surface area contributed by atoms with E-state index in [2.05, 4.69) is 5.32 Å². The van der Waals surface area contributed by atoms with Crippen LogP contribution >= 0.6 is 0 Å². The van der Waals surface area contributed by atoms with Gasteiger partial charge in [0.1, 0.15) is 0 Å². The van der Waals surface area contributed by atoms with Gasteiger partial charge < -0.3 is 10.4 Å². The summed E-state index contributed by atoms with van der Waals surface area (Å²) in [5.74, 6) is -0.320. The van der Waals surface area contributed by atoms with Crippen LogP contribution in [0.15, 0.2) is 0 Å². The molecule has 0 aromatic heterocycles. The monoisotopic (exact) mass is 255 g/mol. The third-order valence-electron chi connectivity index (χ3n) is 3.59. The molecule has 0 spiro atoms. The van der Waals surface area contributed by atoms with Gasteiger partial charge in [-0.15, -0.1) is 0 Å². The SMILES string of the molecule is O=C(O)CCCCCNC(=O)C1CCCCCC1. The largest absolute Gasteiger partial charge is 0.481 e. The van der Waals surface area contributed by atoms with Gasteiger partial charge in [-0.25, -0.2) is 0 Å². The number of carbonyl (C=O) groups is 2. The van der Waals surface area contributed by atoms with E-state index in [1.807, 2.05) is 0 Å². The van der Waals surface area contributed by atoms with Crippen LogP contribution in [0.3, 0.4) is 0 Å². The maximum Gasteiger partial charge on any atom is 0.303 e. The fourth-order valence-electron chi connectivity index (χ4n) is 2.48. The number of carboxylic acids is 1. The van der Waals surface area contributed by atoms with Gasteiger partial charge in [-0.1, -0.05) is 32.1 Å². The Balaban J connectivity index is 2.03. The van der Waals surface area contributed by atoms with E-state index in [1.54, 1.807) is 0 Å². The van der Waals surface area contributed by atoms with Crippen LogP contribution in [0.4, 0.5) is 0 Å². The molecule has 1 saturated carbocycles. The molecule has 0 aromatic rings. The number of aliphatic carboxylic acids is 1. The summed E-state index contributed by atoms with van der Waals surface area (Å²) in [4.78, 5) is 22.2. The molecule has 0 radical (unpaired) electrons. The highest BCUT2D eigenvalue weighted by Gasteiger charge is 2.19. The fraction of sp³-hybridized carbons (Fsp3) is 0.857. The second-order valence-electron chi connectivity index (χ2n) is 5.18. The number of hydrogen-bond donors (Lipinski definition) is 2. The van der Waals surface area contributed by atoms with Gasteiger partial charge >= 0.3 is 5.97 Å². The van der Waals surface area contributed by atoms with Crippen molar-refractivity contribution in [3.05, 3.63) is 0 Å². The Morgan fingerprint density at radius 3 is 2.28 bits per heavy atom. The van der Waals surface area contributed by atoms with Crippen molar-refractivity contribution in [3.63, 3.8) is 0 Å². The van der Waals surface area contributed by atoms with Gasteiger partial charge in [-0.2, -0.15) is 0 Å². The first-order valence-electron chi connectivity index (χ1n) is 7.19. The summed E-state index contributed by atoms with van der Waals surface area (Å²) in [6.45, 7) is 0.689. The van der Waals surface area contributed by atoms with E-state index in [4.69, 9.17) is 5.11 Å². The van der Waals surface area contributed by atoms with E-state index >= 15 is 0 Å². The van der Waals surface area contributed by atoms with Crippen LogP contribution in [-0.2, 0) is 9.59 Å². The van der Waals surface area contributed by atoms with Crippen LogP contribution < -0.4 is 5.32 Å². The molecule has 1 amide bonds. The van der Waals surface area contributed by atoms with E-state index in [-0.39, 0.29) is 18.2 Å². The zero-order valence-electron chi connectivity index (χ0n) is 11.1. The first-order valence-corrected chi connectivity index (χ1v) is 7.19. The molecule has 1 fully saturated rings. The number of unbranched alkanes of at least 4 members (excludes halogenated alkanes) is 2. The van der Waals surface area contributed by atoms with Gasteiger partial charge in [0.15, 0.2) is 0 Å². The van der Waals surface area contributed by atoms with Crippen molar-refractivity contribution in [2.45, 2.75) is 64.2 Å². The quantitative estimate of drug-likeness (QED) is 0.543. The van der Waals surface area contributed by atoms with Crippen molar-refractivity contribution < 1.29 is 14.7 Å². The van der Waals surface area contributed by atoms with Gasteiger partial charge in [-0.05, 0) is 25.7 Å². The molecule has 1 aliphatic rings. The smallest absolute Gasteiger partial charge is 0.303 e. The molecule has 18 heavy (non-hydrogen) atoms. The number of nitrogens with one attached hydrogen (secondary N) is 1. The lowest BCUT2D eigenvalue weighted by molar-refractivity contribution is -0.137. The third-order valence-corrected chi connectivity index (χ3v) is 3.59. The predicted octanol–water partition coefficient (Wildman–Crippen LogP) is 2.72. The van der Waals surface area contributed by atoms with Gasteiger partial charge in [0.25, 0.3) is 0 Å². The molecule has 0 aliphatic heterocycles. The van der Waals surface area contributed by atoms with Gasteiger partial charge in [-0.3, -0.25) is 9.59 Å². The molecule has 0 aromatic carbocycles. The minimum absolute atomic E-state index is 0.204. The Bertz CT molecular complexity index is 258. The Morgan fingerprint density at radius 1 is 1.00 bits per heavy atom. The third kappa shape index (κ3) is 6.62. The summed E-state index contributed by atoms with van der Waals surface area (Å²) < 4.78 is 0. The minimum Gasteiger partial charge on any atom is -0.481 e. The first kappa shape index (κ1) is 15.0. The summed E-state index contributed by atoms with van der Waals surface area (Å²) in [6, 6.07) is 0. The molecular formula is C14H25NO3. The Kier molecular flexibility index (Phi) is 7.46. The van der Waals surface area contributed by atoms with Crippen molar-refractivity contribution >= 4 is 11.9 Å². The molecule has 104 valence electrons. The van der Waals surface area contributed by atoms with Crippen LogP contribution in [0.2, 0.25) is 0 Å². The molecular weight excluding hydrogens is 230 g/mol. The average molecular weight is 255 g/mol. The molecule has 1 aliphatic carbocycles. The second-order valence-corrected chi connectivity index (χ2v) is 5.18. The maximum atomic E-state index is 11.9. The normalized spacial score (nSPS) is 17.1. The first-order chi connectivity index (χ1) is 8.70. The standard InChI is InChI=1S/C14H25NO3/c16-13(17)10-6-3-7-11-15-14(18)12-8-4-1-2-5-9-12/h12H,1-11H2,(H,15,18)(H,16,17). The topological polar surface area (TPSA) is 66.4 Å². The number of amides is 1. The summed E-state index contributed by atoms with van der Waals surface area (Å²) in [7, 11) is 0. The van der Waals surface area contributed by atoms with E-state index < -0.39 is 5.97 Å². The molecule has 4 heteroatoms. The molecule has 4 nitrogen and oxygen atoms in total. The molecule has 0 heterocycles. The zero-order valence-corrected chi connectivity index (χ0v) is 11.1. The molecule has 1 rings (SSSR count). The predicted molar refractivity (Wildman–Crippen MR) is 70.3 cm³/mol. The fourth-order valence-corrected chi connectivity index (χ4v) is 2.48. The Morgan fingerprint density at radius 2 is 1.67 bits per heavy atom. The molecule has 0 bridgehead atoms. The van der Waals surface area contributed by atoms with E-state index in [0.717, 1.165) is 25.7 Å². The average Bonchev–Trinajstić information content (AvgIpc) is 2.61. The van der Waals surface area contributed by atoms with E-state index in [0.29, 0.717) is 13.0 Å².